The van der Waals surface area contributed by atoms with Gasteiger partial charge in [-0.2, -0.15) is 0 Å². The smallest absolute Gasteiger partial charge is 0.341 e. The standard InChI is InChI=1S/C24H23N3O5/c1-5-15-7-6-8-16(9-15)27-23-17-10-19(32-13-22(29)30)20(11-18(17)25-14-26-23)31-12-21(28)24(2,3)4/h1,6-11,14H,12-13H2,2-4H3,(H,29,30)(H,25,26,27). The molecule has 0 aliphatic rings. The zero-order valence-corrected chi connectivity index (χ0v) is 18.0. The molecule has 0 saturated heterocycles. The number of fused-ring (bicyclic) bond motifs is 1. The lowest BCUT2D eigenvalue weighted by Gasteiger charge is -2.18. The number of anilines is 2. The number of nitrogens with one attached hydrogen (secondary N) is 1. The maximum atomic E-state index is 12.3. The number of carboxylic acid groups (broad SMARTS) is 1. The summed E-state index contributed by atoms with van der Waals surface area (Å²) in [4.78, 5) is 31.9. The molecular weight excluding hydrogens is 410 g/mol. The molecule has 8 nitrogen and oxygen atoms in total. The third-order valence-corrected chi connectivity index (χ3v) is 4.54. The number of terminal acetylenes is 1. The van der Waals surface area contributed by atoms with E-state index in [1.54, 1.807) is 39.0 Å². The van der Waals surface area contributed by atoms with Gasteiger partial charge in [-0.3, -0.25) is 4.79 Å². The van der Waals surface area contributed by atoms with Crippen molar-refractivity contribution >= 4 is 34.2 Å². The first-order chi connectivity index (χ1) is 15.2. The van der Waals surface area contributed by atoms with E-state index in [4.69, 9.17) is 21.0 Å². The minimum Gasteiger partial charge on any atom is -0.482 e. The number of nitrogens with zero attached hydrogens (tertiary/aromatic N) is 2. The average molecular weight is 433 g/mol. The maximum Gasteiger partial charge on any atom is 0.341 e. The van der Waals surface area contributed by atoms with Crippen LogP contribution in [-0.4, -0.2) is 40.0 Å². The zero-order valence-electron chi connectivity index (χ0n) is 18.0. The van der Waals surface area contributed by atoms with E-state index in [0.29, 0.717) is 22.3 Å². The van der Waals surface area contributed by atoms with E-state index in [-0.39, 0.29) is 23.9 Å². The van der Waals surface area contributed by atoms with Crippen molar-refractivity contribution < 1.29 is 24.2 Å². The number of hydrogen-bond donors (Lipinski definition) is 2. The Morgan fingerprint density at radius 2 is 1.81 bits per heavy atom. The molecule has 3 aromatic rings. The van der Waals surface area contributed by atoms with Crippen molar-refractivity contribution in [2.75, 3.05) is 18.5 Å². The van der Waals surface area contributed by atoms with Crippen LogP contribution in [0.1, 0.15) is 26.3 Å². The first-order valence-electron chi connectivity index (χ1n) is 9.80. The molecule has 0 aliphatic heterocycles. The lowest BCUT2D eigenvalue weighted by Crippen LogP contribution is -2.26. The largest absolute Gasteiger partial charge is 0.482 e. The molecule has 0 radical (unpaired) electrons. The molecule has 0 spiro atoms. The van der Waals surface area contributed by atoms with E-state index in [1.165, 1.54) is 6.33 Å². The Labute approximate surface area is 185 Å². The molecule has 0 bridgehead atoms. The van der Waals surface area contributed by atoms with Crippen molar-refractivity contribution in [3.63, 3.8) is 0 Å². The molecule has 0 saturated carbocycles. The van der Waals surface area contributed by atoms with Gasteiger partial charge in [0, 0.05) is 28.1 Å². The number of rotatable bonds is 8. The maximum absolute atomic E-state index is 12.3. The minimum atomic E-state index is -1.14. The van der Waals surface area contributed by atoms with Crippen LogP contribution in [0.4, 0.5) is 11.5 Å². The summed E-state index contributed by atoms with van der Waals surface area (Å²) in [5.41, 5.74) is 1.38. The van der Waals surface area contributed by atoms with Crippen LogP contribution in [-0.2, 0) is 9.59 Å². The van der Waals surface area contributed by atoms with Crippen LogP contribution in [0.2, 0.25) is 0 Å². The van der Waals surface area contributed by atoms with Gasteiger partial charge < -0.3 is 19.9 Å². The predicted molar refractivity (Wildman–Crippen MR) is 120 cm³/mol. The molecule has 2 aromatic carbocycles. The van der Waals surface area contributed by atoms with Gasteiger partial charge >= 0.3 is 5.97 Å². The number of ketones is 1. The normalized spacial score (nSPS) is 10.9. The van der Waals surface area contributed by atoms with Gasteiger partial charge in [0.15, 0.2) is 23.9 Å². The van der Waals surface area contributed by atoms with E-state index < -0.39 is 18.0 Å². The predicted octanol–water partition coefficient (Wildman–Crippen LogP) is 3.81. The quantitative estimate of drug-likeness (QED) is 0.516. The Hall–Kier alpha value is -4.12. The Morgan fingerprint density at radius 1 is 1.09 bits per heavy atom. The van der Waals surface area contributed by atoms with Crippen LogP contribution in [0.15, 0.2) is 42.7 Å². The minimum absolute atomic E-state index is 0.111. The van der Waals surface area contributed by atoms with E-state index in [9.17, 15) is 9.59 Å². The van der Waals surface area contributed by atoms with Crippen molar-refractivity contribution in [3.8, 4) is 23.8 Å². The molecule has 1 heterocycles. The fourth-order valence-electron chi connectivity index (χ4n) is 2.71. The zero-order chi connectivity index (χ0) is 23.3. The highest BCUT2D eigenvalue weighted by molar-refractivity contribution is 5.93. The van der Waals surface area contributed by atoms with Gasteiger partial charge in [0.25, 0.3) is 0 Å². The lowest BCUT2D eigenvalue weighted by atomic mass is 9.91. The van der Waals surface area contributed by atoms with Gasteiger partial charge in [-0.1, -0.05) is 32.8 Å². The SMILES string of the molecule is C#Cc1cccc(Nc2ncnc3cc(OCC(=O)C(C)(C)C)c(OCC(=O)O)cc23)c1. The summed E-state index contributed by atoms with van der Waals surface area (Å²) in [5, 5.41) is 12.8. The van der Waals surface area contributed by atoms with Gasteiger partial charge in [-0.15, -0.1) is 6.42 Å². The van der Waals surface area contributed by atoms with Gasteiger partial charge in [-0.25, -0.2) is 14.8 Å². The Bertz CT molecular complexity index is 1210. The van der Waals surface area contributed by atoms with Crippen LogP contribution in [0, 0.1) is 17.8 Å². The first-order valence-corrected chi connectivity index (χ1v) is 9.80. The average Bonchev–Trinajstić information content (AvgIpc) is 2.75. The second-order valence-corrected chi connectivity index (χ2v) is 8.03. The summed E-state index contributed by atoms with van der Waals surface area (Å²) < 4.78 is 11.1. The van der Waals surface area contributed by atoms with Crippen molar-refractivity contribution in [2.45, 2.75) is 20.8 Å². The monoisotopic (exact) mass is 433 g/mol. The van der Waals surface area contributed by atoms with Crippen molar-refractivity contribution in [1.29, 1.82) is 0 Å². The fourth-order valence-corrected chi connectivity index (χ4v) is 2.71. The summed E-state index contributed by atoms with van der Waals surface area (Å²) in [6.45, 7) is 4.62. The Kier molecular flexibility index (Phi) is 6.59. The first kappa shape index (κ1) is 22.6. The second kappa shape index (κ2) is 9.35. The molecule has 0 fully saturated rings. The molecular formula is C24H23N3O5. The second-order valence-electron chi connectivity index (χ2n) is 8.03. The van der Waals surface area contributed by atoms with Crippen LogP contribution in [0.5, 0.6) is 11.5 Å². The molecule has 8 heteroatoms. The van der Waals surface area contributed by atoms with Crippen LogP contribution in [0.3, 0.4) is 0 Å². The molecule has 2 N–H and O–H groups in total. The molecule has 0 amide bonds. The van der Waals surface area contributed by atoms with E-state index >= 15 is 0 Å². The summed E-state index contributed by atoms with van der Waals surface area (Å²) >= 11 is 0. The van der Waals surface area contributed by atoms with E-state index in [0.717, 1.165) is 5.69 Å². The number of hydrogen-bond acceptors (Lipinski definition) is 7. The fraction of sp³-hybridized carbons (Fsp3) is 0.250. The summed E-state index contributed by atoms with van der Waals surface area (Å²) in [7, 11) is 0. The highest BCUT2D eigenvalue weighted by Crippen LogP contribution is 2.35. The molecule has 1 aromatic heterocycles. The number of aromatic nitrogens is 2. The number of aliphatic carboxylic acids is 1. The summed E-state index contributed by atoms with van der Waals surface area (Å²) in [5.74, 6) is 2.18. The number of carboxylic acids is 1. The van der Waals surface area contributed by atoms with E-state index in [1.807, 2.05) is 18.2 Å². The van der Waals surface area contributed by atoms with Crippen molar-refractivity contribution in [2.24, 2.45) is 5.41 Å². The molecule has 0 aliphatic carbocycles. The van der Waals surface area contributed by atoms with E-state index in [2.05, 4.69) is 21.2 Å². The van der Waals surface area contributed by atoms with Crippen LogP contribution < -0.4 is 14.8 Å². The lowest BCUT2D eigenvalue weighted by molar-refractivity contribution is -0.139. The third-order valence-electron chi connectivity index (χ3n) is 4.54. The number of benzene rings is 2. The van der Waals surface area contributed by atoms with Gasteiger partial charge in [0.2, 0.25) is 0 Å². The third kappa shape index (κ3) is 5.52. The number of Topliss-reactive ketones (excluding diaryl/α,β-unsaturated/α-hetero) is 1. The van der Waals surface area contributed by atoms with Gasteiger partial charge in [0.05, 0.1) is 5.52 Å². The van der Waals surface area contributed by atoms with Crippen LogP contribution in [0.25, 0.3) is 10.9 Å². The van der Waals surface area contributed by atoms with Crippen LogP contribution >= 0.6 is 0 Å². The molecule has 0 atom stereocenters. The van der Waals surface area contributed by atoms with Gasteiger partial charge in [-0.05, 0) is 24.3 Å². The van der Waals surface area contributed by atoms with Crippen molar-refractivity contribution in [3.05, 3.63) is 48.3 Å². The topological polar surface area (TPSA) is 111 Å². The highest BCUT2D eigenvalue weighted by Gasteiger charge is 2.23. The summed E-state index contributed by atoms with van der Waals surface area (Å²) in [6.07, 6.45) is 6.85. The Morgan fingerprint density at radius 3 is 2.50 bits per heavy atom. The number of ether oxygens (including phenoxy) is 2. The highest BCUT2D eigenvalue weighted by atomic mass is 16.5. The molecule has 164 valence electrons. The molecule has 32 heavy (non-hydrogen) atoms. The Balaban J connectivity index is 1.99. The number of carbonyl (C=O) groups excluding carboxylic acids is 1. The van der Waals surface area contributed by atoms with Crippen molar-refractivity contribution in [1.82, 2.24) is 9.97 Å². The number of carbonyl (C=O) groups is 2. The van der Waals surface area contributed by atoms with Gasteiger partial charge in [0.1, 0.15) is 18.8 Å². The summed E-state index contributed by atoms with van der Waals surface area (Å²) in [6, 6.07) is 10.4. The molecule has 0 unspecified atom stereocenters. The molecule has 3 rings (SSSR count).